The van der Waals surface area contributed by atoms with Gasteiger partial charge in [0.15, 0.2) is 0 Å². The molecule has 2 bridgehead atoms. The van der Waals surface area contributed by atoms with E-state index in [1.165, 1.54) is 0 Å². The average molecular weight is 229 g/mol. The molecule has 0 aromatic carbocycles. The third-order valence-electron chi connectivity index (χ3n) is 3.40. The van der Waals surface area contributed by atoms with Crippen LogP contribution in [-0.2, 0) is 4.74 Å². The molecule has 2 rings (SSSR count). The van der Waals surface area contributed by atoms with Gasteiger partial charge in [0, 0.05) is 6.54 Å². The zero-order valence-corrected chi connectivity index (χ0v) is 10.4. The molecule has 1 aliphatic carbocycles. The van der Waals surface area contributed by atoms with Crippen molar-refractivity contribution in [3.05, 3.63) is 0 Å². The number of hydrogen-bond acceptors (Lipinski definition) is 2. The van der Waals surface area contributed by atoms with E-state index in [4.69, 9.17) is 4.74 Å². The molecular formula is C12H20FNO2. The van der Waals surface area contributed by atoms with Crippen molar-refractivity contribution in [2.24, 2.45) is 5.92 Å². The minimum Gasteiger partial charge on any atom is -0.444 e. The lowest BCUT2D eigenvalue weighted by molar-refractivity contribution is -0.00756. The van der Waals surface area contributed by atoms with Crippen LogP contribution in [0.4, 0.5) is 9.18 Å². The Morgan fingerprint density at radius 3 is 2.56 bits per heavy atom. The van der Waals surface area contributed by atoms with E-state index in [-0.39, 0.29) is 12.1 Å². The Kier molecular flexibility index (Phi) is 2.44. The molecule has 2 fully saturated rings. The van der Waals surface area contributed by atoms with Crippen LogP contribution in [0.25, 0.3) is 0 Å². The van der Waals surface area contributed by atoms with Gasteiger partial charge in [0.05, 0.1) is 6.04 Å². The predicted octanol–water partition coefficient (Wildman–Crippen LogP) is 2.74. The fourth-order valence-corrected chi connectivity index (χ4v) is 2.86. The van der Waals surface area contributed by atoms with Gasteiger partial charge >= 0.3 is 6.09 Å². The molecule has 1 heterocycles. The molecule has 1 aliphatic heterocycles. The van der Waals surface area contributed by atoms with Gasteiger partial charge in [-0.1, -0.05) is 0 Å². The molecule has 0 radical (unpaired) electrons. The first kappa shape index (κ1) is 11.7. The van der Waals surface area contributed by atoms with Crippen LogP contribution in [0.15, 0.2) is 0 Å². The summed E-state index contributed by atoms with van der Waals surface area (Å²) in [6.07, 6.45) is 0.993. The van der Waals surface area contributed by atoms with Crippen LogP contribution in [0.2, 0.25) is 0 Å². The molecule has 92 valence electrons. The molecule has 0 aromatic heterocycles. The maximum Gasteiger partial charge on any atom is 0.410 e. The van der Waals surface area contributed by atoms with Gasteiger partial charge in [-0.15, -0.1) is 0 Å². The van der Waals surface area contributed by atoms with Crippen LogP contribution in [0, 0.1) is 5.92 Å². The highest BCUT2D eigenvalue weighted by Gasteiger charge is 2.55. The molecule has 16 heavy (non-hydrogen) atoms. The first-order valence-corrected chi connectivity index (χ1v) is 5.87. The van der Waals surface area contributed by atoms with Crippen LogP contribution in [0.1, 0.15) is 40.5 Å². The summed E-state index contributed by atoms with van der Waals surface area (Å²) in [6, 6.07) is -0.285. The van der Waals surface area contributed by atoms with Crippen molar-refractivity contribution in [1.82, 2.24) is 4.90 Å². The average Bonchev–Trinajstić information content (AvgIpc) is 2.54. The number of ether oxygens (including phenoxy) is 1. The first-order valence-electron chi connectivity index (χ1n) is 5.87. The highest BCUT2D eigenvalue weighted by Crippen LogP contribution is 2.46. The van der Waals surface area contributed by atoms with E-state index < -0.39 is 11.3 Å². The zero-order chi connectivity index (χ0) is 12.1. The molecule has 2 aliphatic rings. The number of rotatable bonds is 0. The molecule has 3 unspecified atom stereocenters. The minimum absolute atomic E-state index is 0.285. The van der Waals surface area contributed by atoms with Crippen molar-refractivity contribution in [1.29, 1.82) is 0 Å². The molecule has 4 heteroatoms. The number of hydrogen-bond donors (Lipinski definition) is 0. The molecule has 0 aromatic rings. The number of carbonyl (C=O) groups excluding carboxylic acids is 1. The van der Waals surface area contributed by atoms with Crippen molar-refractivity contribution in [3.63, 3.8) is 0 Å². The molecule has 3 nitrogen and oxygen atoms in total. The molecule has 1 saturated heterocycles. The van der Waals surface area contributed by atoms with Gasteiger partial charge in [0.25, 0.3) is 0 Å². The second-order valence-corrected chi connectivity index (χ2v) is 6.23. The SMILES string of the molecule is CC(C)(C)OC(=O)N1CC2CC1C(C)(F)C2. The summed E-state index contributed by atoms with van der Waals surface area (Å²) in [5, 5.41) is 0. The van der Waals surface area contributed by atoms with E-state index in [0.29, 0.717) is 18.9 Å². The largest absolute Gasteiger partial charge is 0.444 e. The number of likely N-dealkylation sites (tertiary alicyclic amines) is 1. The van der Waals surface area contributed by atoms with Gasteiger partial charge in [-0.3, -0.25) is 0 Å². The summed E-state index contributed by atoms with van der Waals surface area (Å²) < 4.78 is 19.4. The quantitative estimate of drug-likeness (QED) is 0.639. The second-order valence-electron chi connectivity index (χ2n) is 6.23. The zero-order valence-electron chi connectivity index (χ0n) is 10.4. The fraction of sp³-hybridized carbons (Fsp3) is 0.917. The lowest BCUT2D eigenvalue weighted by Gasteiger charge is -2.36. The standard InChI is InChI=1S/C12H20FNO2/c1-11(2,3)16-10(15)14-7-8-5-9(14)12(4,13)6-8/h8-9H,5-7H2,1-4H3. The molecule has 1 amide bonds. The number of amides is 1. The van der Waals surface area contributed by atoms with Crippen LogP contribution in [-0.4, -0.2) is 34.8 Å². The first-order chi connectivity index (χ1) is 7.19. The summed E-state index contributed by atoms with van der Waals surface area (Å²) >= 11 is 0. The Labute approximate surface area is 95.9 Å². The maximum atomic E-state index is 14.1. The Balaban J connectivity index is 2.05. The number of carbonyl (C=O) groups is 1. The van der Waals surface area contributed by atoms with Crippen molar-refractivity contribution in [3.8, 4) is 0 Å². The molecule has 0 spiro atoms. The summed E-state index contributed by atoms with van der Waals surface area (Å²) in [5.41, 5.74) is -1.74. The third-order valence-corrected chi connectivity index (χ3v) is 3.40. The number of alkyl halides is 1. The number of nitrogens with zero attached hydrogens (tertiary/aromatic N) is 1. The topological polar surface area (TPSA) is 29.5 Å². The normalized spacial score (nSPS) is 37.9. The van der Waals surface area contributed by atoms with E-state index in [1.54, 1.807) is 11.8 Å². The lowest BCUT2D eigenvalue weighted by atomic mass is 9.97. The van der Waals surface area contributed by atoms with Crippen molar-refractivity contribution >= 4 is 6.09 Å². The Morgan fingerprint density at radius 2 is 2.12 bits per heavy atom. The van der Waals surface area contributed by atoms with E-state index in [2.05, 4.69) is 0 Å². The van der Waals surface area contributed by atoms with Gasteiger partial charge in [-0.25, -0.2) is 9.18 Å². The Morgan fingerprint density at radius 1 is 1.50 bits per heavy atom. The number of piperidine rings is 1. The highest BCUT2D eigenvalue weighted by atomic mass is 19.1. The highest BCUT2D eigenvalue weighted by molar-refractivity contribution is 5.69. The van der Waals surface area contributed by atoms with Gasteiger partial charge in [0.1, 0.15) is 11.3 Å². The van der Waals surface area contributed by atoms with Crippen LogP contribution >= 0.6 is 0 Å². The van der Waals surface area contributed by atoms with Crippen LogP contribution in [0.3, 0.4) is 0 Å². The van der Waals surface area contributed by atoms with Gasteiger partial charge < -0.3 is 9.64 Å². The molecule has 3 atom stereocenters. The minimum atomic E-state index is -1.24. The van der Waals surface area contributed by atoms with E-state index in [9.17, 15) is 9.18 Å². The molecular weight excluding hydrogens is 209 g/mol. The number of fused-ring (bicyclic) bond motifs is 2. The smallest absolute Gasteiger partial charge is 0.410 e. The summed E-state index contributed by atoms with van der Waals surface area (Å²) in [5.74, 6) is 0.313. The molecule has 1 saturated carbocycles. The van der Waals surface area contributed by atoms with Crippen molar-refractivity contribution in [2.75, 3.05) is 6.54 Å². The number of halogens is 1. The molecule has 0 N–H and O–H groups in total. The van der Waals surface area contributed by atoms with E-state index in [0.717, 1.165) is 6.42 Å². The van der Waals surface area contributed by atoms with Crippen LogP contribution in [0.5, 0.6) is 0 Å². The maximum absolute atomic E-state index is 14.1. The van der Waals surface area contributed by atoms with Gasteiger partial charge in [-0.2, -0.15) is 0 Å². The summed E-state index contributed by atoms with van der Waals surface area (Å²) in [6.45, 7) is 7.73. The predicted molar refractivity (Wildman–Crippen MR) is 59.0 cm³/mol. The lowest BCUT2D eigenvalue weighted by Crippen LogP contribution is -2.50. The summed E-state index contributed by atoms with van der Waals surface area (Å²) in [4.78, 5) is 13.4. The summed E-state index contributed by atoms with van der Waals surface area (Å²) in [7, 11) is 0. The van der Waals surface area contributed by atoms with Crippen molar-refractivity contribution < 1.29 is 13.9 Å². The Hall–Kier alpha value is -0.800. The second kappa shape index (κ2) is 3.34. The van der Waals surface area contributed by atoms with Crippen molar-refractivity contribution in [2.45, 2.75) is 57.8 Å². The van der Waals surface area contributed by atoms with Gasteiger partial charge in [-0.05, 0) is 46.5 Å². The fourth-order valence-electron chi connectivity index (χ4n) is 2.86. The van der Waals surface area contributed by atoms with Gasteiger partial charge in [0.2, 0.25) is 0 Å². The van der Waals surface area contributed by atoms with E-state index in [1.807, 2.05) is 20.8 Å². The monoisotopic (exact) mass is 229 g/mol. The van der Waals surface area contributed by atoms with Crippen LogP contribution < -0.4 is 0 Å². The Bertz CT molecular complexity index is 309. The third kappa shape index (κ3) is 2.02. The van der Waals surface area contributed by atoms with E-state index >= 15 is 0 Å².